The van der Waals surface area contributed by atoms with E-state index in [9.17, 15) is 8.42 Å². The average molecular weight is 288 g/mol. The number of benzene rings is 1. The highest BCUT2D eigenvalue weighted by Gasteiger charge is 2.21. The van der Waals surface area contributed by atoms with E-state index in [1.807, 2.05) is 0 Å². The quantitative estimate of drug-likeness (QED) is 0.784. The minimum Gasteiger partial charge on any atom is -0.497 e. The minimum absolute atomic E-state index is 0.363. The lowest BCUT2D eigenvalue weighted by Crippen LogP contribution is -2.33. The van der Waals surface area contributed by atoms with Crippen LogP contribution in [0.4, 0.5) is 5.69 Å². The van der Waals surface area contributed by atoms with Crippen LogP contribution in [0.2, 0.25) is 0 Å². The van der Waals surface area contributed by atoms with E-state index in [1.165, 1.54) is 14.2 Å². The van der Waals surface area contributed by atoms with E-state index in [-0.39, 0.29) is 0 Å². The van der Waals surface area contributed by atoms with Gasteiger partial charge in [-0.2, -0.15) is 0 Å². The van der Waals surface area contributed by atoms with Gasteiger partial charge in [-0.25, -0.2) is 8.42 Å². The molecule has 0 saturated carbocycles. The molecule has 0 amide bonds. The summed E-state index contributed by atoms with van der Waals surface area (Å²) < 4.78 is 37.0. The zero-order valence-corrected chi connectivity index (χ0v) is 12.4. The highest BCUT2D eigenvalue weighted by atomic mass is 32.2. The molecule has 2 N–H and O–H groups in total. The third kappa shape index (κ3) is 4.00. The van der Waals surface area contributed by atoms with Crippen molar-refractivity contribution in [3.05, 3.63) is 18.2 Å². The molecular formula is C12H20N2O4S. The van der Waals surface area contributed by atoms with Crippen LogP contribution in [0, 0.1) is 0 Å². The first-order valence-electron chi connectivity index (χ1n) is 5.83. The summed E-state index contributed by atoms with van der Waals surface area (Å²) in [5.74, 6) is 1.00. The predicted octanol–water partition coefficient (Wildman–Crippen LogP) is 1.05. The number of hydrogen-bond donors (Lipinski definition) is 2. The third-order valence-corrected chi connectivity index (χ3v) is 4.41. The lowest BCUT2D eigenvalue weighted by atomic mass is 10.3. The molecule has 19 heavy (non-hydrogen) atoms. The number of hydrogen-bond acceptors (Lipinski definition) is 5. The summed E-state index contributed by atoms with van der Waals surface area (Å²) in [5.41, 5.74) is 0.366. The van der Waals surface area contributed by atoms with E-state index in [4.69, 9.17) is 9.47 Å². The van der Waals surface area contributed by atoms with Gasteiger partial charge in [0.1, 0.15) is 11.5 Å². The van der Waals surface area contributed by atoms with Crippen molar-refractivity contribution in [2.75, 3.05) is 32.5 Å². The molecule has 0 saturated heterocycles. The van der Waals surface area contributed by atoms with Gasteiger partial charge in [0.15, 0.2) is 0 Å². The van der Waals surface area contributed by atoms with Crippen molar-refractivity contribution in [3.8, 4) is 11.5 Å². The Kier molecular flexibility index (Phi) is 5.44. The molecule has 1 rings (SSSR count). The summed E-state index contributed by atoms with van der Waals surface area (Å²) >= 11 is 0. The molecule has 0 aliphatic carbocycles. The smallest absolute Gasteiger partial charge is 0.236 e. The molecule has 0 aliphatic rings. The van der Waals surface area contributed by atoms with Crippen molar-refractivity contribution in [2.24, 2.45) is 0 Å². The molecule has 0 radical (unpaired) electrons. The second kappa shape index (κ2) is 6.63. The largest absolute Gasteiger partial charge is 0.497 e. The topological polar surface area (TPSA) is 76.7 Å². The van der Waals surface area contributed by atoms with E-state index < -0.39 is 15.3 Å². The van der Waals surface area contributed by atoms with Gasteiger partial charge in [0.05, 0.1) is 25.2 Å². The van der Waals surface area contributed by atoms with Crippen LogP contribution < -0.4 is 19.5 Å². The van der Waals surface area contributed by atoms with Crippen molar-refractivity contribution in [3.63, 3.8) is 0 Å². The Hall–Kier alpha value is -1.47. The lowest BCUT2D eigenvalue weighted by molar-refractivity contribution is 0.405. The second-order valence-corrected chi connectivity index (χ2v) is 6.18. The van der Waals surface area contributed by atoms with Crippen molar-refractivity contribution in [1.82, 2.24) is 5.32 Å². The molecule has 108 valence electrons. The maximum absolute atomic E-state index is 12.1. The zero-order valence-electron chi connectivity index (χ0n) is 11.6. The predicted molar refractivity (Wildman–Crippen MR) is 75.5 cm³/mol. The molecule has 0 aromatic heterocycles. The van der Waals surface area contributed by atoms with E-state index in [0.29, 0.717) is 23.7 Å². The SMILES string of the molecule is CNCC(C)S(=O)(=O)Nc1cc(OC)ccc1OC. The number of nitrogens with one attached hydrogen (secondary N) is 2. The van der Waals surface area contributed by atoms with Gasteiger partial charge in [0.25, 0.3) is 0 Å². The Morgan fingerprint density at radius 3 is 2.47 bits per heavy atom. The Morgan fingerprint density at radius 2 is 1.95 bits per heavy atom. The Labute approximate surface area is 114 Å². The first kappa shape index (κ1) is 15.6. The number of ether oxygens (including phenoxy) is 2. The van der Waals surface area contributed by atoms with E-state index in [2.05, 4.69) is 10.0 Å². The normalized spacial score (nSPS) is 12.8. The average Bonchev–Trinajstić information content (AvgIpc) is 2.38. The van der Waals surface area contributed by atoms with Crippen LogP contribution in [0.3, 0.4) is 0 Å². The molecule has 1 aromatic rings. The van der Waals surface area contributed by atoms with E-state index in [1.54, 1.807) is 32.2 Å². The van der Waals surface area contributed by atoms with Crippen LogP contribution >= 0.6 is 0 Å². The fourth-order valence-corrected chi connectivity index (χ4v) is 2.60. The van der Waals surface area contributed by atoms with Gasteiger partial charge in [-0.15, -0.1) is 0 Å². The molecule has 1 unspecified atom stereocenters. The maximum atomic E-state index is 12.1. The summed E-state index contributed by atoms with van der Waals surface area (Å²) in [7, 11) is 1.23. The van der Waals surface area contributed by atoms with Crippen molar-refractivity contribution in [1.29, 1.82) is 0 Å². The number of rotatable bonds is 7. The van der Waals surface area contributed by atoms with Crippen LogP contribution in [-0.4, -0.2) is 41.5 Å². The van der Waals surface area contributed by atoms with Crippen molar-refractivity contribution < 1.29 is 17.9 Å². The lowest BCUT2D eigenvalue weighted by Gasteiger charge is -2.16. The van der Waals surface area contributed by atoms with E-state index in [0.717, 1.165) is 0 Å². The second-order valence-electron chi connectivity index (χ2n) is 4.08. The summed E-state index contributed by atoms with van der Waals surface area (Å²) in [6, 6.07) is 4.94. The molecule has 1 aromatic carbocycles. The molecule has 0 bridgehead atoms. The van der Waals surface area contributed by atoms with Crippen LogP contribution in [0.15, 0.2) is 18.2 Å². The van der Waals surface area contributed by atoms with Crippen LogP contribution in [0.1, 0.15) is 6.92 Å². The van der Waals surface area contributed by atoms with Gasteiger partial charge in [-0.3, -0.25) is 4.72 Å². The highest BCUT2D eigenvalue weighted by Crippen LogP contribution is 2.30. The number of methoxy groups -OCH3 is 2. The van der Waals surface area contributed by atoms with Gasteiger partial charge in [-0.05, 0) is 26.1 Å². The van der Waals surface area contributed by atoms with Crippen LogP contribution in [-0.2, 0) is 10.0 Å². The summed E-state index contributed by atoms with van der Waals surface area (Å²) in [6.07, 6.45) is 0. The molecule has 0 heterocycles. The third-order valence-electron chi connectivity index (χ3n) is 2.68. The van der Waals surface area contributed by atoms with Crippen molar-refractivity contribution >= 4 is 15.7 Å². The minimum atomic E-state index is -3.48. The van der Waals surface area contributed by atoms with Gasteiger partial charge in [0, 0.05) is 12.6 Å². The summed E-state index contributed by atoms with van der Waals surface area (Å²) in [4.78, 5) is 0. The maximum Gasteiger partial charge on any atom is 0.236 e. The standard InChI is InChI=1S/C12H20N2O4S/c1-9(8-13-2)19(15,16)14-11-7-10(17-3)5-6-12(11)18-4/h5-7,9,13-14H,8H2,1-4H3. The van der Waals surface area contributed by atoms with Crippen LogP contribution in [0.25, 0.3) is 0 Å². The van der Waals surface area contributed by atoms with Gasteiger partial charge in [-0.1, -0.05) is 0 Å². The monoisotopic (exact) mass is 288 g/mol. The molecule has 7 heteroatoms. The zero-order chi connectivity index (χ0) is 14.5. The Balaban J connectivity index is 3.03. The molecule has 1 atom stereocenters. The number of sulfonamides is 1. The van der Waals surface area contributed by atoms with Crippen LogP contribution in [0.5, 0.6) is 11.5 Å². The van der Waals surface area contributed by atoms with Crippen molar-refractivity contribution in [2.45, 2.75) is 12.2 Å². The molecule has 0 aliphatic heterocycles. The molecule has 0 spiro atoms. The highest BCUT2D eigenvalue weighted by molar-refractivity contribution is 7.93. The molecule has 6 nitrogen and oxygen atoms in total. The Morgan fingerprint density at radius 1 is 1.26 bits per heavy atom. The first-order valence-corrected chi connectivity index (χ1v) is 7.37. The van der Waals surface area contributed by atoms with E-state index >= 15 is 0 Å². The Bertz CT molecular complexity index is 516. The molecular weight excluding hydrogens is 268 g/mol. The van der Waals surface area contributed by atoms with Gasteiger partial charge < -0.3 is 14.8 Å². The van der Waals surface area contributed by atoms with Gasteiger partial charge >= 0.3 is 0 Å². The number of anilines is 1. The summed E-state index contributed by atoms with van der Waals surface area (Å²) in [5, 5.41) is 2.27. The summed E-state index contributed by atoms with van der Waals surface area (Å²) in [6.45, 7) is 1.99. The fourth-order valence-electron chi connectivity index (χ4n) is 1.54. The first-order chi connectivity index (χ1) is 8.94. The fraction of sp³-hybridized carbons (Fsp3) is 0.500. The van der Waals surface area contributed by atoms with Gasteiger partial charge in [0.2, 0.25) is 10.0 Å². The molecule has 0 fully saturated rings.